The molecule has 0 amide bonds. The van der Waals surface area contributed by atoms with Gasteiger partial charge in [-0.15, -0.1) is 6.42 Å². The van der Waals surface area contributed by atoms with Crippen molar-refractivity contribution in [2.45, 2.75) is 17.7 Å². The summed E-state index contributed by atoms with van der Waals surface area (Å²) in [5, 5.41) is 0. The summed E-state index contributed by atoms with van der Waals surface area (Å²) in [5.74, 6) is 2.83. The molecule has 1 aliphatic carbocycles. The van der Waals surface area contributed by atoms with Crippen LogP contribution in [0.15, 0.2) is 27.6 Å². The number of halogens is 1. The van der Waals surface area contributed by atoms with E-state index in [1.807, 2.05) is 0 Å². The molecule has 1 aliphatic rings. The van der Waals surface area contributed by atoms with Crippen molar-refractivity contribution in [3.63, 3.8) is 0 Å². The van der Waals surface area contributed by atoms with Crippen LogP contribution in [0.2, 0.25) is 0 Å². The Kier molecular flexibility index (Phi) is 4.19. The van der Waals surface area contributed by atoms with E-state index in [1.54, 1.807) is 12.1 Å². The largest absolute Gasteiger partial charge is 0.398 e. The molecule has 0 radical (unpaired) electrons. The van der Waals surface area contributed by atoms with E-state index in [0.29, 0.717) is 12.5 Å². The molecular weight excluding hydrogens is 328 g/mol. The van der Waals surface area contributed by atoms with Crippen molar-refractivity contribution < 1.29 is 8.42 Å². The van der Waals surface area contributed by atoms with Crippen LogP contribution < -0.4 is 5.73 Å². The predicted octanol–water partition coefficient (Wildman–Crippen LogP) is 2.07. The molecule has 0 saturated heterocycles. The van der Waals surface area contributed by atoms with Gasteiger partial charge in [0.1, 0.15) is 4.90 Å². The Hall–Kier alpha value is -1.03. The van der Waals surface area contributed by atoms with Crippen LogP contribution in [-0.4, -0.2) is 25.8 Å². The van der Waals surface area contributed by atoms with Gasteiger partial charge in [0.25, 0.3) is 0 Å². The van der Waals surface area contributed by atoms with Gasteiger partial charge in [0.05, 0.1) is 12.2 Å². The van der Waals surface area contributed by atoms with Crippen molar-refractivity contribution in [1.29, 1.82) is 0 Å². The normalized spacial score (nSPS) is 15.4. The fourth-order valence-electron chi connectivity index (χ4n) is 1.83. The first kappa shape index (κ1) is 14.4. The summed E-state index contributed by atoms with van der Waals surface area (Å²) in [7, 11) is -3.62. The number of nitrogens with two attached hydrogens (primary N) is 1. The summed E-state index contributed by atoms with van der Waals surface area (Å²) < 4.78 is 27.2. The Bertz CT molecular complexity index is 618. The van der Waals surface area contributed by atoms with E-state index in [1.165, 1.54) is 10.4 Å². The van der Waals surface area contributed by atoms with Crippen LogP contribution >= 0.6 is 15.9 Å². The average molecular weight is 343 g/mol. The van der Waals surface area contributed by atoms with Gasteiger partial charge in [0.15, 0.2) is 0 Å². The molecule has 1 saturated carbocycles. The van der Waals surface area contributed by atoms with Gasteiger partial charge in [0.2, 0.25) is 10.0 Å². The molecule has 4 nitrogen and oxygen atoms in total. The van der Waals surface area contributed by atoms with Crippen LogP contribution in [0.25, 0.3) is 0 Å². The van der Waals surface area contributed by atoms with E-state index in [4.69, 9.17) is 12.2 Å². The molecule has 0 heterocycles. The molecule has 1 aromatic rings. The van der Waals surface area contributed by atoms with Gasteiger partial charge in [-0.3, -0.25) is 0 Å². The van der Waals surface area contributed by atoms with Gasteiger partial charge in [-0.2, -0.15) is 4.31 Å². The number of nitrogen functional groups attached to an aromatic ring is 1. The lowest BCUT2D eigenvalue weighted by molar-refractivity contribution is 0.430. The highest BCUT2D eigenvalue weighted by Gasteiger charge is 2.32. The van der Waals surface area contributed by atoms with Gasteiger partial charge >= 0.3 is 0 Å². The maximum Gasteiger partial charge on any atom is 0.246 e. The first-order chi connectivity index (χ1) is 8.95. The molecule has 0 atom stereocenters. The quantitative estimate of drug-likeness (QED) is 0.658. The van der Waals surface area contributed by atoms with Crippen LogP contribution in [-0.2, 0) is 10.0 Å². The Morgan fingerprint density at radius 2 is 2.16 bits per heavy atom. The van der Waals surface area contributed by atoms with Crippen LogP contribution in [0.4, 0.5) is 5.69 Å². The Balaban J connectivity index is 2.35. The van der Waals surface area contributed by atoms with Gasteiger partial charge < -0.3 is 5.73 Å². The number of anilines is 1. The van der Waals surface area contributed by atoms with Crippen LogP contribution in [0.3, 0.4) is 0 Å². The fourth-order valence-corrected chi connectivity index (χ4v) is 3.74. The first-order valence-electron chi connectivity index (χ1n) is 5.94. The molecule has 6 heteroatoms. The number of hydrogen-bond donors (Lipinski definition) is 1. The van der Waals surface area contributed by atoms with Crippen molar-refractivity contribution in [3.05, 3.63) is 22.7 Å². The maximum absolute atomic E-state index is 12.6. The topological polar surface area (TPSA) is 63.4 Å². The standard InChI is InChI=1S/C13H15BrN2O2S/c1-2-7-16(9-10-3-4-10)19(17,18)13-6-5-11(14)8-12(13)15/h1,5-6,8,10H,3-4,7,9,15H2. The fraction of sp³-hybridized carbons (Fsp3) is 0.385. The van der Waals surface area contributed by atoms with Gasteiger partial charge in [-0.05, 0) is 37.0 Å². The number of benzene rings is 1. The van der Waals surface area contributed by atoms with E-state index >= 15 is 0 Å². The SMILES string of the molecule is C#CCN(CC1CC1)S(=O)(=O)c1ccc(Br)cc1N. The lowest BCUT2D eigenvalue weighted by atomic mass is 10.3. The first-order valence-corrected chi connectivity index (χ1v) is 8.17. The molecule has 2 rings (SSSR count). The smallest absolute Gasteiger partial charge is 0.246 e. The highest BCUT2D eigenvalue weighted by atomic mass is 79.9. The zero-order chi connectivity index (χ0) is 14.0. The number of terminal acetylenes is 1. The van der Waals surface area contributed by atoms with Crippen molar-refractivity contribution in [1.82, 2.24) is 4.31 Å². The Labute approximate surface area is 122 Å². The number of nitrogens with zero attached hydrogens (tertiary/aromatic N) is 1. The zero-order valence-corrected chi connectivity index (χ0v) is 12.7. The number of rotatable bonds is 5. The summed E-state index contributed by atoms with van der Waals surface area (Å²) in [6.45, 7) is 0.552. The molecule has 0 unspecified atom stereocenters. The van der Waals surface area contributed by atoms with Crippen LogP contribution in [0.1, 0.15) is 12.8 Å². The van der Waals surface area contributed by atoms with Gasteiger partial charge in [-0.1, -0.05) is 21.9 Å². The highest BCUT2D eigenvalue weighted by molar-refractivity contribution is 9.10. The minimum atomic E-state index is -3.62. The predicted molar refractivity (Wildman–Crippen MR) is 78.9 cm³/mol. The van der Waals surface area contributed by atoms with Crippen molar-refractivity contribution in [2.24, 2.45) is 5.92 Å². The molecular formula is C13H15BrN2O2S. The average Bonchev–Trinajstić information content (AvgIpc) is 3.11. The third kappa shape index (κ3) is 3.30. The Morgan fingerprint density at radius 3 is 2.68 bits per heavy atom. The third-order valence-corrected chi connectivity index (χ3v) is 5.39. The number of sulfonamides is 1. The molecule has 0 aliphatic heterocycles. The van der Waals surface area contributed by atoms with Crippen molar-refractivity contribution in [2.75, 3.05) is 18.8 Å². The minimum Gasteiger partial charge on any atom is -0.398 e. The second-order valence-electron chi connectivity index (χ2n) is 4.63. The lowest BCUT2D eigenvalue weighted by Crippen LogP contribution is -2.33. The summed E-state index contributed by atoms with van der Waals surface area (Å²) in [4.78, 5) is 0.117. The van der Waals surface area contributed by atoms with E-state index in [9.17, 15) is 8.42 Å². The van der Waals surface area contributed by atoms with E-state index in [0.717, 1.165) is 17.3 Å². The minimum absolute atomic E-state index is 0.0777. The van der Waals surface area contributed by atoms with Crippen LogP contribution in [0, 0.1) is 18.3 Å². The molecule has 1 fully saturated rings. The van der Waals surface area contributed by atoms with E-state index in [-0.39, 0.29) is 17.1 Å². The van der Waals surface area contributed by atoms with Crippen LogP contribution in [0.5, 0.6) is 0 Å². The molecule has 0 spiro atoms. The second kappa shape index (κ2) is 5.53. The molecule has 102 valence electrons. The van der Waals surface area contributed by atoms with Gasteiger partial charge in [0, 0.05) is 11.0 Å². The summed E-state index contributed by atoms with van der Waals surface area (Å²) >= 11 is 3.26. The molecule has 0 bridgehead atoms. The summed E-state index contributed by atoms with van der Waals surface area (Å²) in [6, 6.07) is 4.75. The van der Waals surface area contributed by atoms with Crippen molar-refractivity contribution in [3.8, 4) is 12.3 Å². The lowest BCUT2D eigenvalue weighted by Gasteiger charge is -2.20. The van der Waals surface area contributed by atoms with Gasteiger partial charge in [-0.25, -0.2) is 8.42 Å². The summed E-state index contributed by atoms with van der Waals surface area (Å²) in [6.07, 6.45) is 7.39. The van der Waals surface area contributed by atoms with E-state index in [2.05, 4.69) is 21.9 Å². The van der Waals surface area contributed by atoms with Crippen molar-refractivity contribution >= 4 is 31.6 Å². The van der Waals surface area contributed by atoms with E-state index < -0.39 is 10.0 Å². The second-order valence-corrected chi connectivity index (χ2v) is 7.45. The maximum atomic E-state index is 12.6. The third-order valence-electron chi connectivity index (χ3n) is 3.02. The molecule has 1 aromatic carbocycles. The monoisotopic (exact) mass is 342 g/mol. The Morgan fingerprint density at radius 1 is 1.47 bits per heavy atom. The molecule has 0 aromatic heterocycles. The molecule has 2 N–H and O–H groups in total. The highest BCUT2D eigenvalue weighted by Crippen LogP contribution is 2.32. The molecule has 19 heavy (non-hydrogen) atoms. The number of hydrogen-bond acceptors (Lipinski definition) is 3. The zero-order valence-electron chi connectivity index (χ0n) is 10.3. The summed E-state index contributed by atoms with van der Waals surface area (Å²) in [5.41, 5.74) is 6.03.